The Kier molecular flexibility index (Phi) is 8.45. The number of carbonyl (C=O) groups excluding carboxylic acids is 1. The number of alkyl halides is 2. The number of aliphatic hydroxyl groups is 2. The van der Waals surface area contributed by atoms with Gasteiger partial charge in [0.15, 0.2) is 0 Å². The van der Waals surface area contributed by atoms with Gasteiger partial charge in [0, 0.05) is 16.8 Å². The van der Waals surface area contributed by atoms with Crippen molar-refractivity contribution in [3.05, 3.63) is 83.9 Å². The number of amides is 1. The molecule has 0 bridgehead atoms. The summed E-state index contributed by atoms with van der Waals surface area (Å²) in [5.41, 5.74) is 0.301. The highest BCUT2D eigenvalue weighted by atomic mass is 19.3. The highest BCUT2D eigenvalue weighted by Crippen LogP contribution is 2.34. The van der Waals surface area contributed by atoms with Gasteiger partial charge in [-0.3, -0.25) is 4.79 Å². The Morgan fingerprint density at radius 2 is 2.06 bits per heavy atom. The van der Waals surface area contributed by atoms with Crippen molar-refractivity contribution in [2.24, 2.45) is 0 Å². The third-order valence-corrected chi connectivity index (χ3v) is 4.87. The summed E-state index contributed by atoms with van der Waals surface area (Å²) < 4.78 is 47.2. The van der Waals surface area contributed by atoms with Gasteiger partial charge in [-0.2, -0.15) is 0 Å². The van der Waals surface area contributed by atoms with Crippen LogP contribution in [0.25, 0.3) is 22.4 Å². The molecule has 1 amide bonds. The quantitative estimate of drug-likeness (QED) is 0.317. The third kappa shape index (κ3) is 6.37. The van der Waals surface area contributed by atoms with Crippen molar-refractivity contribution in [1.82, 2.24) is 15.3 Å². The van der Waals surface area contributed by atoms with E-state index < -0.39 is 36.4 Å². The van der Waals surface area contributed by atoms with Crippen LogP contribution in [0.2, 0.25) is 0 Å². The molecule has 1 aromatic heterocycles. The number of imidazole rings is 1. The monoisotopic (exact) mass is 487 g/mol. The van der Waals surface area contributed by atoms with E-state index >= 15 is 0 Å². The minimum atomic E-state index is -2.90. The molecule has 7 nitrogen and oxygen atoms in total. The number of ether oxygens (including phenoxy) is 1. The fourth-order valence-electron chi connectivity index (χ4n) is 3.22. The van der Waals surface area contributed by atoms with E-state index in [2.05, 4.69) is 21.9 Å². The predicted molar refractivity (Wildman–Crippen MR) is 126 cm³/mol. The topological polar surface area (TPSA) is 107 Å². The second-order valence-electron chi connectivity index (χ2n) is 7.56. The van der Waals surface area contributed by atoms with Crippen molar-refractivity contribution >= 4 is 16.9 Å². The Morgan fingerprint density at radius 1 is 1.29 bits per heavy atom. The van der Waals surface area contributed by atoms with Gasteiger partial charge in [-0.1, -0.05) is 24.8 Å². The molecule has 2 aromatic carbocycles. The number of nitrogens with zero attached hydrogens (tertiary/aromatic N) is 1. The number of aliphatic hydroxyl groups excluding tert-OH is 2. The van der Waals surface area contributed by atoms with E-state index in [1.54, 1.807) is 31.2 Å². The molecule has 3 aromatic rings. The molecule has 0 fully saturated rings. The smallest absolute Gasteiger partial charge is 0.264 e. The summed E-state index contributed by atoms with van der Waals surface area (Å²) in [6.07, 6.45) is 2.47. The van der Waals surface area contributed by atoms with Crippen molar-refractivity contribution in [1.29, 1.82) is 0 Å². The van der Waals surface area contributed by atoms with Gasteiger partial charge >= 0.3 is 0 Å². The second-order valence-corrected chi connectivity index (χ2v) is 7.56. The van der Waals surface area contributed by atoms with Crippen molar-refractivity contribution in [2.45, 2.75) is 19.5 Å². The fourth-order valence-corrected chi connectivity index (χ4v) is 3.22. The Balaban J connectivity index is 1.99. The summed E-state index contributed by atoms with van der Waals surface area (Å²) in [6.45, 7) is 4.38. The first kappa shape index (κ1) is 25.7. The average molecular weight is 487 g/mol. The maximum atomic E-state index is 14.3. The van der Waals surface area contributed by atoms with Crippen LogP contribution in [0.1, 0.15) is 29.3 Å². The summed E-state index contributed by atoms with van der Waals surface area (Å²) in [6, 6.07) is 5.98. The maximum absolute atomic E-state index is 14.3. The van der Waals surface area contributed by atoms with Crippen LogP contribution in [-0.2, 0) is 0 Å². The third-order valence-electron chi connectivity index (χ3n) is 4.87. The molecule has 0 saturated carbocycles. The van der Waals surface area contributed by atoms with Crippen LogP contribution in [0.15, 0.2) is 66.9 Å². The number of nitrogens with one attached hydrogen (secondary N) is 2. The van der Waals surface area contributed by atoms with Crippen LogP contribution in [0.4, 0.5) is 13.2 Å². The van der Waals surface area contributed by atoms with Gasteiger partial charge in [0.1, 0.15) is 35.6 Å². The number of allylic oxidation sites excluding steroid dienone is 5. The molecule has 1 unspecified atom stereocenters. The van der Waals surface area contributed by atoms with Crippen molar-refractivity contribution in [2.75, 3.05) is 13.2 Å². The Labute approximate surface area is 199 Å². The maximum Gasteiger partial charge on any atom is 0.264 e. The Morgan fingerprint density at radius 3 is 2.74 bits per heavy atom. The van der Waals surface area contributed by atoms with Crippen LogP contribution in [-0.4, -0.2) is 45.4 Å². The predicted octanol–water partition coefficient (Wildman–Crippen LogP) is 4.41. The van der Waals surface area contributed by atoms with Gasteiger partial charge in [0.2, 0.25) is 0 Å². The van der Waals surface area contributed by atoms with Gasteiger partial charge in [0.25, 0.3) is 12.3 Å². The molecule has 0 saturated heterocycles. The summed E-state index contributed by atoms with van der Waals surface area (Å²) in [5.74, 6) is -1.25. The molecular weight excluding hydrogens is 463 g/mol. The molecule has 0 radical (unpaired) electrons. The lowest BCUT2D eigenvalue weighted by Gasteiger charge is -2.13. The van der Waals surface area contributed by atoms with Crippen LogP contribution in [0.5, 0.6) is 5.75 Å². The normalized spacial score (nSPS) is 12.9. The second kappa shape index (κ2) is 11.5. The molecule has 35 heavy (non-hydrogen) atoms. The summed E-state index contributed by atoms with van der Waals surface area (Å²) >= 11 is 0. The molecule has 10 heteroatoms. The highest BCUT2D eigenvalue weighted by molar-refractivity contribution is 6.06. The lowest BCUT2D eigenvalue weighted by atomic mass is 10.1. The van der Waals surface area contributed by atoms with E-state index in [1.165, 1.54) is 12.1 Å². The molecule has 184 valence electrons. The number of aromatic amines is 1. The first-order valence-electron chi connectivity index (χ1n) is 10.5. The van der Waals surface area contributed by atoms with Crippen LogP contribution in [0, 0.1) is 5.82 Å². The number of rotatable bonds is 10. The number of fused-ring (bicyclic) bond motifs is 1. The first-order valence-corrected chi connectivity index (χ1v) is 10.5. The number of halogens is 3. The van der Waals surface area contributed by atoms with E-state index in [0.29, 0.717) is 5.70 Å². The SMILES string of the molecule is C=C/C=C\C=C(/C)NC(=O)c1cc(F)cc2[nH]c(-c3ccc(OCC(O)CO)cc3C(F)F)nc12. The largest absolute Gasteiger partial charge is 0.491 e. The van der Waals surface area contributed by atoms with Crippen molar-refractivity contribution in [3.63, 3.8) is 0 Å². The standard InChI is InChI=1S/C25H24F3N3O4/c1-3-4-5-6-14(2)29-25(34)20-9-15(26)10-21-22(20)31-24(30-21)18-8-7-17(11-19(18)23(27)28)35-13-16(33)12-32/h3-11,16,23,32-33H,1,12-13H2,2H3,(H,29,34)(H,30,31)/b5-4-,14-6+. The number of benzene rings is 2. The molecule has 0 aliphatic heterocycles. The minimum Gasteiger partial charge on any atom is -0.491 e. The molecule has 4 N–H and O–H groups in total. The number of carbonyl (C=O) groups is 1. The number of H-pyrrole nitrogens is 1. The summed E-state index contributed by atoms with van der Waals surface area (Å²) in [7, 11) is 0. The zero-order chi connectivity index (χ0) is 25.5. The van der Waals surface area contributed by atoms with Gasteiger partial charge < -0.3 is 25.3 Å². The average Bonchev–Trinajstić information content (AvgIpc) is 3.25. The molecule has 1 atom stereocenters. The molecule has 3 rings (SSSR count). The number of hydrogen-bond donors (Lipinski definition) is 4. The van der Waals surface area contributed by atoms with E-state index in [1.807, 2.05) is 0 Å². The molecular formula is C25H24F3N3O4. The zero-order valence-electron chi connectivity index (χ0n) is 18.8. The lowest BCUT2D eigenvalue weighted by molar-refractivity contribution is 0.0534. The van der Waals surface area contributed by atoms with E-state index in [0.717, 1.165) is 18.2 Å². The van der Waals surface area contributed by atoms with Crippen LogP contribution in [0.3, 0.4) is 0 Å². The number of aromatic nitrogens is 2. The van der Waals surface area contributed by atoms with Crippen molar-refractivity contribution < 1.29 is 32.9 Å². The van der Waals surface area contributed by atoms with Gasteiger partial charge in [-0.25, -0.2) is 18.2 Å². The Hall–Kier alpha value is -3.89. The van der Waals surface area contributed by atoms with Gasteiger partial charge in [0.05, 0.1) is 17.7 Å². The van der Waals surface area contributed by atoms with E-state index in [9.17, 15) is 23.1 Å². The van der Waals surface area contributed by atoms with Crippen LogP contribution >= 0.6 is 0 Å². The van der Waals surface area contributed by atoms with E-state index in [-0.39, 0.29) is 40.3 Å². The lowest BCUT2D eigenvalue weighted by Crippen LogP contribution is -2.21. The highest BCUT2D eigenvalue weighted by Gasteiger charge is 2.21. The zero-order valence-corrected chi connectivity index (χ0v) is 18.8. The van der Waals surface area contributed by atoms with Gasteiger partial charge in [-0.05, 0) is 43.3 Å². The Bertz CT molecular complexity index is 1280. The number of hydrogen-bond acceptors (Lipinski definition) is 5. The van der Waals surface area contributed by atoms with E-state index in [4.69, 9.17) is 9.84 Å². The fraction of sp³-hybridized carbons (Fsp3) is 0.200. The molecule has 0 spiro atoms. The molecule has 1 heterocycles. The molecule has 0 aliphatic carbocycles. The summed E-state index contributed by atoms with van der Waals surface area (Å²) in [4.78, 5) is 19.9. The first-order chi connectivity index (χ1) is 16.7. The molecule has 0 aliphatic rings. The van der Waals surface area contributed by atoms with Crippen LogP contribution < -0.4 is 10.1 Å². The van der Waals surface area contributed by atoms with Gasteiger partial charge in [-0.15, -0.1) is 0 Å². The van der Waals surface area contributed by atoms with Crippen molar-refractivity contribution in [3.8, 4) is 17.1 Å². The minimum absolute atomic E-state index is 0.0121. The summed E-state index contributed by atoms with van der Waals surface area (Å²) in [5, 5.41) is 20.9.